The molecule has 0 fully saturated rings. The first-order valence-corrected chi connectivity index (χ1v) is 9.28. The zero-order valence-electron chi connectivity index (χ0n) is 16.5. The Morgan fingerprint density at radius 2 is 1.83 bits per heavy atom. The third-order valence-corrected chi connectivity index (χ3v) is 4.45. The molecule has 2 aromatic carbocycles. The van der Waals surface area contributed by atoms with Crippen LogP contribution in [-0.2, 0) is 0 Å². The van der Waals surface area contributed by atoms with Gasteiger partial charge in [-0.05, 0) is 74.9 Å². The Hall–Kier alpha value is -3.91. The second-order valence-electron chi connectivity index (χ2n) is 6.67. The van der Waals surface area contributed by atoms with Crippen LogP contribution in [0.25, 0.3) is 10.9 Å². The van der Waals surface area contributed by atoms with Crippen LogP contribution in [0.1, 0.15) is 23.7 Å². The number of nitrogens with zero attached hydrogens (tertiary/aromatic N) is 3. The largest absolute Gasteiger partial charge is 0.455 e. The Bertz CT molecular complexity index is 1240. The molecule has 29 heavy (non-hydrogen) atoms. The van der Waals surface area contributed by atoms with Crippen molar-refractivity contribution in [3.63, 3.8) is 0 Å². The smallest absolute Gasteiger partial charge is 0.145 e. The van der Waals surface area contributed by atoms with Gasteiger partial charge in [0.1, 0.15) is 23.6 Å². The molecule has 2 heterocycles. The van der Waals surface area contributed by atoms with Crippen LogP contribution in [0.2, 0.25) is 0 Å². The Labute approximate surface area is 169 Å². The van der Waals surface area contributed by atoms with E-state index in [4.69, 9.17) is 4.74 Å². The highest BCUT2D eigenvalue weighted by molar-refractivity contribution is 5.91. The van der Waals surface area contributed by atoms with Crippen LogP contribution in [-0.4, -0.2) is 15.0 Å². The highest BCUT2D eigenvalue weighted by Crippen LogP contribution is 2.29. The first-order valence-electron chi connectivity index (χ1n) is 9.28. The molecule has 0 aliphatic carbocycles. The molecule has 0 spiro atoms. The first kappa shape index (κ1) is 18.5. The zero-order valence-corrected chi connectivity index (χ0v) is 16.5. The van der Waals surface area contributed by atoms with E-state index in [-0.39, 0.29) is 0 Å². The predicted octanol–water partition coefficient (Wildman–Crippen LogP) is 5.55. The molecule has 5 heteroatoms. The van der Waals surface area contributed by atoms with Crippen LogP contribution < -0.4 is 10.1 Å². The number of nitrogens with one attached hydrogen (secondary N) is 1. The minimum Gasteiger partial charge on any atom is -0.455 e. The van der Waals surface area contributed by atoms with Crippen molar-refractivity contribution in [3.05, 3.63) is 77.9 Å². The number of anilines is 2. The summed E-state index contributed by atoms with van der Waals surface area (Å²) in [6.07, 6.45) is 3.29. The van der Waals surface area contributed by atoms with Gasteiger partial charge in [0.25, 0.3) is 0 Å². The van der Waals surface area contributed by atoms with Crippen molar-refractivity contribution < 1.29 is 4.74 Å². The van der Waals surface area contributed by atoms with Crippen LogP contribution in [0.15, 0.2) is 61.1 Å². The quantitative estimate of drug-likeness (QED) is 0.471. The summed E-state index contributed by atoms with van der Waals surface area (Å²) in [5.74, 6) is 8.25. The molecule has 0 unspecified atom stereocenters. The van der Waals surface area contributed by atoms with E-state index in [2.05, 4.69) is 32.1 Å². The predicted molar refractivity (Wildman–Crippen MR) is 116 cm³/mol. The zero-order chi connectivity index (χ0) is 20.2. The summed E-state index contributed by atoms with van der Waals surface area (Å²) >= 11 is 0. The van der Waals surface area contributed by atoms with E-state index >= 15 is 0 Å². The number of aryl methyl sites for hydroxylation is 2. The van der Waals surface area contributed by atoms with Gasteiger partial charge in [-0.25, -0.2) is 9.97 Å². The van der Waals surface area contributed by atoms with Gasteiger partial charge in [0.2, 0.25) is 0 Å². The molecule has 0 bridgehead atoms. The van der Waals surface area contributed by atoms with E-state index in [1.54, 1.807) is 12.5 Å². The SMILES string of the molecule is CC#Cc1ccc2ncnc(Nc3ccc(Oc4ccc(C)nc4)c(C)c3)c2c1. The number of rotatable bonds is 4. The van der Waals surface area contributed by atoms with Gasteiger partial charge in [-0.1, -0.05) is 5.92 Å². The first-order chi connectivity index (χ1) is 14.1. The maximum atomic E-state index is 5.95. The van der Waals surface area contributed by atoms with Crippen molar-refractivity contribution in [3.8, 4) is 23.3 Å². The van der Waals surface area contributed by atoms with Crippen molar-refractivity contribution in [2.24, 2.45) is 0 Å². The van der Waals surface area contributed by atoms with E-state index in [0.717, 1.165) is 45.0 Å². The molecule has 0 aliphatic rings. The molecule has 1 N–H and O–H groups in total. The second kappa shape index (κ2) is 7.99. The fourth-order valence-electron chi connectivity index (χ4n) is 3.00. The van der Waals surface area contributed by atoms with E-state index < -0.39 is 0 Å². The summed E-state index contributed by atoms with van der Waals surface area (Å²) in [6, 6.07) is 15.7. The maximum Gasteiger partial charge on any atom is 0.145 e. The summed E-state index contributed by atoms with van der Waals surface area (Å²) < 4.78 is 5.95. The Kier molecular flexibility index (Phi) is 5.08. The monoisotopic (exact) mass is 380 g/mol. The summed E-state index contributed by atoms with van der Waals surface area (Å²) in [5.41, 5.74) is 4.69. The molecular formula is C24H20N4O. The summed E-state index contributed by atoms with van der Waals surface area (Å²) in [5, 5.41) is 4.32. The Balaban J connectivity index is 1.61. The van der Waals surface area contributed by atoms with Gasteiger partial charge in [-0.15, -0.1) is 5.92 Å². The molecule has 0 saturated heterocycles. The fourth-order valence-corrected chi connectivity index (χ4v) is 3.00. The van der Waals surface area contributed by atoms with Crippen LogP contribution in [0.4, 0.5) is 11.5 Å². The lowest BCUT2D eigenvalue weighted by Gasteiger charge is -2.12. The van der Waals surface area contributed by atoms with Gasteiger partial charge in [-0.3, -0.25) is 4.98 Å². The number of ether oxygens (including phenoxy) is 1. The average molecular weight is 380 g/mol. The van der Waals surface area contributed by atoms with Crippen molar-refractivity contribution in [1.29, 1.82) is 0 Å². The second-order valence-corrected chi connectivity index (χ2v) is 6.67. The number of hydrogen-bond donors (Lipinski definition) is 1. The molecule has 0 amide bonds. The van der Waals surface area contributed by atoms with Crippen molar-refractivity contribution in [1.82, 2.24) is 15.0 Å². The third kappa shape index (κ3) is 4.17. The fraction of sp³-hybridized carbons (Fsp3) is 0.125. The van der Waals surface area contributed by atoms with Crippen LogP contribution in [0.5, 0.6) is 11.5 Å². The molecule has 0 atom stereocenters. The number of aromatic nitrogens is 3. The molecular weight excluding hydrogens is 360 g/mol. The molecule has 5 nitrogen and oxygen atoms in total. The average Bonchev–Trinajstić information content (AvgIpc) is 2.72. The highest BCUT2D eigenvalue weighted by atomic mass is 16.5. The molecule has 0 aliphatic heterocycles. The van der Waals surface area contributed by atoms with Gasteiger partial charge in [0.15, 0.2) is 0 Å². The topological polar surface area (TPSA) is 59.9 Å². The lowest BCUT2D eigenvalue weighted by atomic mass is 10.1. The van der Waals surface area contributed by atoms with Crippen LogP contribution >= 0.6 is 0 Å². The molecule has 4 aromatic rings. The molecule has 0 radical (unpaired) electrons. The van der Waals surface area contributed by atoms with E-state index in [0.29, 0.717) is 5.75 Å². The molecule has 142 valence electrons. The third-order valence-electron chi connectivity index (χ3n) is 4.45. The Morgan fingerprint density at radius 1 is 0.931 bits per heavy atom. The minimum atomic E-state index is 0.714. The minimum absolute atomic E-state index is 0.714. The van der Waals surface area contributed by atoms with E-state index in [9.17, 15) is 0 Å². The molecule has 0 saturated carbocycles. The van der Waals surface area contributed by atoms with E-state index in [1.165, 1.54) is 0 Å². The Morgan fingerprint density at radius 3 is 2.59 bits per heavy atom. The van der Waals surface area contributed by atoms with Gasteiger partial charge in [0.05, 0.1) is 11.7 Å². The van der Waals surface area contributed by atoms with E-state index in [1.807, 2.05) is 69.3 Å². The van der Waals surface area contributed by atoms with Gasteiger partial charge < -0.3 is 10.1 Å². The normalized spacial score (nSPS) is 10.3. The maximum absolute atomic E-state index is 5.95. The van der Waals surface area contributed by atoms with Gasteiger partial charge in [-0.2, -0.15) is 0 Å². The lowest BCUT2D eigenvalue weighted by Crippen LogP contribution is -1.97. The van der Waals surface area contributed by atoms with Crippen LogP contribution in [0.3, 0.4) is 0 Å². The van der Waals surface area contributed by atoms with Gasteiger partial charge in [0, 0.05) is 22.3 Å². The standard InChI is InChI=1S/C24H20N4O/c1-4-5-18-7-10-22-21(13-18)24(27-15-26-22)28-19-8-11-23(16(2)12-19)29-20-9-6-17(3)25-14-20/h6-15H,1-3H3,(H,26,27,28). The van der Waals surface area contributed by atoms with Gasteiger partial charge >= 0.3 is 0 Å². The van der Waals surface area contributed by atoms with Crippen molar-refractivity contribution in [2.75, 3.05) is 5.32 Å². The molecule has 2 aromatic heterocycles. The lowest BCUT2D eigenvalue weighted by molar-refractivity contribution is 0.476. The van der Waals surface area contributed by atoms with Crippen molar-refractivity contribution >= 4 is 22.4 Å². The van der Waals surface area contributed by atoms with Crippen LogP contribution in [0, 0.1) is 25.7 Å². The number of benzene rings is 2. The molecule has 4 rings (SSSR count). The number of pyridine rings is 1. The number of hydrogen-bond acceptors (Lipinski definition) is 5. The highest BCUT2D eigenvalue weighted by Gasteiger charge is 2.08. The summed E-state index contributed by atoms with van der Waals surface area (Å²) in [6.45, 7) is 5.78. The summed E-state index contributed by atoms with van der Waals surface area (Å²) in [4.78, 5) is 13.0. The van der Waals surface area contributed by atoms with Crippen molar-refractivity contribution in [2.45, 2.75) is 20.8 Å². The summed E-state index contributed by atoms with van der Waals surface area (Å²) in [7, 11) is 0. The number of fused-ring (bicyclic) bond motifs is 1.